The number of pyridine rings is 1. The Hall–Kier alpha value is -1.77. The first kappa shape index (κ1) is 9.77. The van der Waals surface area contributed by atoms with E-state index in [0.717, 1.165) is 12.1 Å². The molecule has 0 fully saturated rings. The number of aromatic amines is 1. The van der Waals surface area contributed by atoms with E-state index >= 15 is 0 Å². The normalized spacial score (nSPS) is 12.7. The second-order valence-electron chi connectivity index (χ2n) is 3.15. The minimum Gasteiger partial charge on any atom is -0.387 e. The second kappa shape index (κ2) is 4.17. The summed E-state index contributed by atoms with van der Waals surface area (Å²) in [5.41, 5.74) is 3.67. The number of hydrogen-bond donors (Lipinski definition) is 2. The molecule has 0 spiro atoms. The van der Waals surface area contributed by atoms with Crippen molar-refractivity contribution in [1.82, 2.24) is 15.3 Å². The minimum atomic E-state index is 0.886. The zero-order chi connectivity index (χ0) is 10.7. The van der Waals surface area contributed by atoms with Crippen molar-refractivity contribution >= 4 is 17.0 Å². The Morgan fingerprint density at radius 2 is 2.20 bits per heavy atom. The fourth-order valence-electron chi connectivity index (χ4n) is 1.75. The van der Waals surface area contributed by atoms with Crippen LogP contribution >= 0.6 is 0 Å². The van der Waals surface area contributed by atoms with Gasteiger partial charge in [-0.3, -0.25) is 4.98 Å². The Morgan fingerprint density at radius 1 is 1.33 bits per heavy atom. The van der Waals surface area contributed by atoms with Crippen LogP contribution in [0, 0.1) is 0 Å². The van der Waals surface area contributed by atoms with Crippen molar-refractivity contribution in [3.05, 3.63) is 35.9 Å². The van der Waals surface area contributed by atoms with Gasteiger partial charge in [-0.05, 0) is 18.3 Å². The van der Waals surface area contributed by atoms with Gasteiger partial charge in [-0.15, -0.1) is 0 Å². The van der Waals surface area contributed by atoms with E-state index < -0.39 is 0 Å². The van der Waals surface area contributed by atoms with E-state index in [2.05, 4.69) is 21.4 Å². The third-order valence-electron chi connectivity index (χ3n) is 2.39. The average molecular weight is 201 g/mol. The first-order valence-corrected chi connectivity index (χ1v) is 5.29. The molecule has 3 heterocycles. The molecule has 0 saturated carbocycles. The van der Waals surface area contributed by atoms with E-state index in [4.69, 9.17) is 0 Å². The van der Waals surface area contributed by atoms with E-state index in [-0.39, 0.29) is 0 Å². The molecule has 0 amide bonds. The summed E-state index contributed by atoms with van der Waals surface area (Å²) in [7, 11) is 0. The summed E-state index contributed by atoms with van der Waals surface area (Å²) in [6.07, 6.45) is 7.73. The lowest BCUT2D eigenvalue weighted by Crippen LogP contribution is -2.08. The molecular formula is C12H15N3. The predicted octanol–water partition coefficient (Wildman–Crippen LogP) is 2.66. The molecule has 2 N–H and O–H groups in total. The number of H-pyrrole nitrogens is 1. The van der Waals surface area contributed by atoms with Gasteiger partial charge in [0.05, 0.1) is 0 Å². The Kier molecular flexibility index (Phi) is 2.72. The van der Waals surface area contributed by atoms with Gasteiger partial charge < -0.3 is 10.3 Å². The van der Waals surface area contributed by atoms with Crippen LogP contribution in [0.15, 0.2) is 24.7 Å². The van der Waals surface area contributed by atoms with Gasteiger partial charge in [0.25, 0.3) is 0 Å². The zero-order valence-electron chi connectivity index (χ0n) is 9.04. The number of aromatic nitrogens is 2. The molecule has 0 aromatic carbocycles. The number of rotatable bonds is 0. The van der Waals surface area contributed by atoms with Crippen molar-refractivity contribution in [3.63, 3.8) is 0 Å². The van der Waals surface area contributed by atoms with Crippen molar-refractivity contribution in [2.45, 2.75) is 20.4 Å². The molecule has 0 radical (unpaired) electrons. The number of nitrogens with one attached hydrogen (secondary N) is 2. The fraction of sp³-hybridized carbons (Fsp3) is 0.250. The van der Waals surface area contributed by atoms with Gasteiger partial charge in [0.2, 0.25) is 0 Å². The van der Waals surface area contributed by atoms with Gasteiger partial charge in [-0.2, -0.15) is 0 Å². The Balaban J connectivity index is 0.000000404. The maximum absolute atomic E-state index is 4.12. The number of nitrogens with zero attached hydrogens (tertiary/aromatic N) is 1. The van der Waals surface area contributed by atoms with Crippen molar-refractivity contribution < 1.29 is 0 Å². The maximum atomic E-state index is 4.12. The van der Waals surface area contributed by atoms with Crippen LogP contribution in [-0.4, -0.2) is 9.97 Å². The molecule has 15 heavy (non-hydrogen) atoms. The molecule has 0 aliphatic carbocycles. The number of hydrogen-bond acceptors (Lipinski definition) is 2. The molecule has 1 aliphatic heterocycles. The Labute approximate surface area is 89.2 Å². The van der Waals surface area contributed by atoms with E-state index in [9.17, 15) is 0 Å². The smallest absolute Gasteiger partial charge is 0.0493 e. The van der Waals surface area contributed by atoms with Gasteiger partial charge in [0.15, 0.2) is 0 Å². The third-order valence-corrected chi connectivity index (χ3v) is 2.39. The average Bonchev–Trinajstić information content (AvgIpc) is 2.70. The zero-order valence-corrected chi connectivity index (χ0v) is 9.04. The molecule has 3 heteroatoms. The van der Waals surface area contributed by atoms with E-state index in [0.29, 0.717) is 0 Å². The van der Waals surface area contributed by atoms with Gasteiger partial charge in [-0.1, -0.05) is 13.8 Å². The highest BCUT2D eigenvalue weighted by atomic mass is 14.9. The van der Waals surface area contributed by atoms with Gasteiger partial charge >= 0.3 is 0 Å². The lowest BCUT2D eigenvalue weighted by atomic mass is 10.1. The Bertz CT molecular complexity index is 483. The molecule has 3 nitrogen and oxygen atoms in total. The summed E-state index contributed by atoms with van der Waals surface area (Å²) in [5.74, 6) is 0. The van der Waals surface area contributed by atoms with Crippen LogP contribution in [0.25, 0.3) is 17.0 Å². The molecule has 2 aromatic rings. The molecule has 0 bridgehead atoms. The topological polar surface area (TPSA) is 40.7 Å². The molecule has 78 valence electrons. The van der Waals surface area contributed by atoms with Crippen molar-refractivity contribution in [2.75, 3.05) is 0 Å². The van der Waals surface area contributed by atoms with Crippen LogP contribution < -0.4 is 5.32 Å². The van der Waals surface area contributed by atoms with Gasteiger partial charge in [0, 0.05) is 41.1 Å². The van der Waals surface area contributed by atoms with Crippen LogP contribution in [0.3, 0.4) is 0 Å². The summed E-state index contributed by atoms with van der Waals surface area (Å²) in [6.45, 7) is 4.89. The quantitative estimate of drug-likeness (QED) is 0.688. The molecule has 0 saturated heterocycles. The van der Waals surface area contributed by atoms with E-state index in [1.165, 1.54) is 16.6 Å². The highest BCUT2D eigenvalue weighted by Crippen LogP contribution is 2.23. The monoisotopic (exact) mass is 201 g/mol. The second-order valence-corrected chi connectivity index (χ2v) is 3.15. The maximum Gasteiger partial charge on any atom is 0.0493 e. The summed E-state index contributed by atoms with van der Waals surface area (Å²) in [5, 5.41) is 4.41. The van der Waals surface area contributed by atoms with Crippen LogP contribution in [0.5, 0.6) is 0 Å². The van der Waals surface area contributed by atoms with Gasteiger partial charge in [0.1, 0.15) is 0 Å². The lowest BCUT2D eigenvalue weighted by Gasteiger charge is -2.06. The Morgan fingerprint density at radius 3 is 3.07 bits per heavy atom. The van der Waals surface area contributed by atoms with Crippen LogP contribution in [-0.2, 0) is 6.54 Å². The van der Waals surface area contributed by atoms with Crippen molar-refractivity contribution in [1.29, 1.82) is 0 Å². The predicted molar refractivity (Wildman–Crippen MR) is 63.3 cm³/mol. The van der Waals surface area contributed by atoms with Crippen molar-refractivity contribution in [3.8, 4) is 0 Å². The van der Waals surface area contributed by atoms with Crippen LogP contribution in [0.1, 0.15) is 25.1 Å². The summed E-state index contributed by atoms with van der Waals surface area (Å²) < 4.78 is 0. The highest BCUT2D eigenvalue weighted by Gasteiger charge is 2.10. The van der Waals surface area contributed by atoms with E-state index in [1.807, 2.05) is 32.3 Å². The van der Waals surface area contributed by atoms with Crippen LogP contribution in [0.2, 0.25) is 0 Å². The molecule has 0 atom stereocenters. The minimum absolute atomic E-state index is 0.886. The standard InChI is InChI=1S/C10H9N3.C2H6/c1-3-11-5-7-8-6-12-4-2-10(8)13-9(1)7;1-2/h1-5,12-13H,6H2;1-2H3. The van der Waals surface area contributed by atoms with Crippen molar-refractivity contribution in [2.24, 2.45) is 0 Å². The van der Waals surface area contributed by atoms with Gasteiger partial charge in [-0.25, -0.2) is 0 Å². The largest absolute Gasteiger partial charge is 0.387 e. The van der Waals surface area contributed by atoms with Crippen LogP contribution in [0.4, 0.5) is 0 Å². The SMILES string of the molecule is C1=Cc2[nH]c3ccncc3c2CN1.CC. The number of fused-ring (bicyclic) bond motifs is 3. The first-order chi connectivity index (χ1) is 7.45. The fourth-order valence-corrected chi connectivity index (χ4v) is 1.75. The molecule has 2 aromatic heterocycles. The summed E-state index contributed by atoms with van der Waals surface area (Å²) in [6, 6.07) is 2.00. The molecule has 3 rings (SSSR count). The third kappa shape index (κ3) is 1.61. The lowest BCUT2D eigenvalue weighted by molar-refractivity contribution is 0.864. The van der Waals surface area contributed by atoms with E-state index in [1.54, 1.807) is 6.20 Å². The highest BCUT2D eigenvalue weighted by molar-refractivity contribution is 5.86. The molecule has 1 aliphatic rings. The molecule has 0 unspecified atom stereocenters. The molecular weight excluding hydrogens is 186 g/mol. The summed E-state index contributed by atoms with van der Waals surface area (Å²) >= 11 is 0. The first-order valence-electron chi connectivity index (χ1n) is 5.29. The summed E-state index contributed by atoms with van der Waals surface area (Å²) in [4.78, 5) is 7.47.